The second-order valence-electron chi connectivity index (χ2n) is 3.86. The molecule has 0 saturated carbocycles. The number of nitriles is 1. The number of unbranched alkanes of at least 4 members (excludes halogenated alkanes) is 2. The molecule has 0 aliphatic carbocycles. The first-order valence-corrected chi connectivity index (χ1v) is 5.68. The number of hydrogen-bond acceptors (Lipinski definition) is 3. The van der Waals surface area contributed by atoms with Crippen LogP contribution >= 0.6 is 0 Å². The number of carbonyl (C=O) groups excluding carboxylic acids is 1. The van der Waals surface area contributed by atoms with E-state index >= 15 is 0 Å². The monoisotopic (exact) mass is 209 g/mol. The summed E-state index contributed by atoms with van der Waals surface area (Å²) in [5.41, 5.74) is 0. The van der Waals surface area contributed by atoms with Gasteiger partial charge in [0.05, 0.1) is 12.1 Å². The first-order chi connectivity index (χ1) is 7.29. The molecule has 1 fully saturated rings. The first kappa shape index (κ1) is 12.0. The zero-order valence-corrected chi connectivity index (χ0v) is 9.33. The standard InChI is InChI=1S/C11H19N3O/c1-2-10-11(15)14(9-7-13-10)8-5-3-4-6-12/h10,13H,2-5,7-9H2,1H3. The number of nitrogens with zero attached hydrogens (tertiary/aromatic N) is 2. The van der Waals surface area contributed by atoms with Gasteiger partial charge in [0.25, 0.3) is 0 Å². The van der Waals surface area contributed by atoms with Gasteiger partial charge in [-0.15, -0.1) is 0 Å². The predicted molar refractivity (Wildman–Crippen MR) is 58.1 cm³/mol. The highest BCUT2D eigenvalue weighted by molar-refractivity contribution is 5.82. The van der Waals surface area contributed by atoms with Crippen LogP contribution in [0, 0.1) is 11.3 Å². The molecule has 1 unspecified atom stereocenters. The van der Waals surface area contributed by atoms with E-state index in [-0.39, 0.29) is 11.9 Å². The lowest BCUT2D eigenvalue weighted by molar-refractivity contribution is -0.135. The van der Waals surface area contributed by atoms with Crippen molar-refractivity contribution in [1.29, 1.82) is 5.26 Å². The van der Waals surface area contributed by atoms with Crippen LogP contribution in [0.25, 0.3) is 0 Å². The quantitative estimate of drug-likeness (QED) is 0.684. The minimum Gasteiger partial charge on any atom is -0.340 e. The van der Waals surface area contributed by atoms with Crippen LogP contribution in [0.15, 0.2) is 0 Å². The molecule has 1 N–H and O–H groups in total. The first-order valence-electron chi connectivity index (χ1n) is 5.68. The van der Waals surface area contributed by atoms with Gasteiger partial charge < -0.3 is 10.2 Å². The molecule has 84 valence electrons. The Morgan fingerprint density at radius 3 is 3.07 bits per heavy atom. The number of piperazine rings is 1. The van der Waals surface area contributed by atoms with Gasteiger partial charge in [-0.1, -0.05) is 6.92 Å². The molecule has 1 aliphatic rings. The molecule has 1 saturated heterocycles. The number of carbonyl (C=O) groups is 1. The lowest BCUT2D eigenvalue weighted by Gasteiger charge is -2.32. The summed E-state index contributed by atoms with van der Waals surface area (Å²) in [5.74, 6) is 0.223. The van der Waals surface area contributed by atoms with Crippen molar-refractivity contribution in [1.82, 2.24) is 10.2 Å². The SMILES string of the molecule is CCC1NCCN(CCCCC#N)C1=O. The molecule has 0 radical (unpaired) electrons. The second kappa shape index (κ2) is 6.41. The zero-order chi connectivity index (χ0) is 11.1. The smallest absolute Gasteiger partial charge is 0.239 e. The number of amides is 1. The third-order valence-electron chi connectivity index (χ3n) is 2.76. The van der Waals surface area contributed by atoms with E-state index in [4.69, 9.17) is 5.26 Å². The number of nitrogens with one attached hydrogen (secondary N) is 1. The fraction of sp³-hybridized carbons (Fsp3) is 0.818. The summed E-state index contributed by atoms with van der Waals surface area (Å²) in [6.45, 7) is 4.53. The Morgan fingerprint density at radius 1 is 1.60 bits per heavy atom. The molecule has 4 nitrogen and oxygen atoms in total. The largest absolute Gasteiger partial charge is 0.340 e. The molecule has 0 bridgehead atoms. The average Bonchev–Trinajstić information content (AvgIpc) is 2.26. The highest BCUT2D eigenvalue weighted by atomic mass is 16.2. The van der Waals surface area contributed by atoms with E-state index in [0.717, 1.165) is 38.9 Å². The summed E-state index contributed by atoms with van der Waals surface area (Å²) in [6, 6.07) is 2.13. The molecule has 1 atom stereocenters. The molecule has 1 heterocycles. The van der Waals surface area contributed by atoms with Gasteiger partial charge in [0.1, 0.15) is 0 Å². The molecular formula is C11H19N3O. The Labute approximate surface area is 91.2 Å². The van der Waals surface area contributed by atoms with Gasteiger partial charge in [0.15, 0.2) is 0 Å². The Kier molecular flexibility index (Phi) is 5.13. The summed E-state index contributed by atoms with van der Waals surface area (Å²) in [7, 11) is 0. The Bertz CT molecular complexity index is 247. The van der Waals surface area contributed by atoms with Gasteiger partial charge in [-0.05, 0) is 19.3 Å². The van der Waals surface area contributed by atoms with Crippen molar-refractivity contribution in [3.8, 4) is 6.07 Å². The van der Waals surface area contributed by atoms with Gasteiger partial charge in [0, 0.05) is 26.1 Å². The summed E-state index contributed by atoms with van der Waals surface area (Å²) < 4.78 is 0. The van der Waals surface area contributed by atoms with Crippen molar-refractivity contribution in [3.63, 3.8) is 0 Å². The van der Waals surface area contributed by atoms with Crippen molar-refractivity contribution in [2.24, 2.45) is 0 Å². The van der Waals surface area contributed by atoms with E-state index in [1.807, 2.05) is 11.8 Å². The number of rotatable bonds is 5. The molecule has 0 aromatic rings. The molecule has 4 heteroatoms. The van der Waals surface area contributed by atoms with Crippen molar-refractivity contribution in [3.05, 3.63) is 0 Å². The average molecular weight is 209 g/mol. The lowest BCUT2D eigenvalue weighted by Crippen LogP contribution is -2.54. The Hall–Kier alpha value is -1.08. The zero-order valence-electron chi connectivity index (χ0n) is 9.33. The Balaban J connectivity index is 2.28. The van der Waals surface area contributed by atoms with Gasteiger partial charge in [-0.3, -0.25) is 4.79 Å². The van der Waals surface area contributed by atoms with Crippen LogP contribution in [-0.4, -0.2) is 36.5 Å². The Morgan fingerprint density at radius 2 is 2.40 bits per heavy atom. The maximum Gasteiger partial charge on any atom is 0.239 e. The van der Waals surface area contributed by atoms with Crippen molar-refractivity contribution < 1.29 is 4.79 Å². The van der Waals surface area contributed by atoms with Crippen LogP contribution in [0.4, 0.5) is 0 Å². The summed E-state index contributed by atoms with van der Waals surface area (Å²) in [6.07, 6.45) is 3.28. The minimum absolute atomic E-state index is 0.00900. The maximum atomic E-state index is 11.8. The van der Waals surface area contributed by atoms with Gasteiger partial charge >= 0.3 is 0 Å². The van der Waals surface area contributed by atoms with Crippen LogP contribution in [0.1, 0.15) is 32.6 Å². The van der Waals surface area contributed by atoms with Crippen LogP contribution in [0.3, 0.4) is 0 Å². The molecular weight excluding hydrogens is 190 g/mol. The van der Waals surface area contributed by atoms with Gasteiger partial charge in [0.2, 0.25) is 5.91 Å². The summed E-state index contributed by atoms with van der Waals surface area (Å²) >= 11 is 0. The predicted octanol–water partition coefficient (Wildman–Crippen LogP) is 0.891. The van der Waals surface area contributed by atoms with Crippen molar-refractivity contribution >= 4 is 5.91 Å². The molecule has 0 aromatic heterocycles. The normalized spacial score (nSPS) is 21.5. The third kappa shape index (κ3) is 3.52. The third-order valence-corrected chi connectivity index (χ3v) is 2.76. The fourth-order valence-electron chi connectivity index (χ4n) is 1.84. The number of hydrogen-bond donors (Lipinski definition) is 1. The summed E-state index contributed by atoms with van der Waals surface area (Å²) in [5, 5.41) is 11.6. The molecule has 1 aliphatic heterocycles. The second-order valence-corrected chi connectivity index (χ2v) is 3.86. The molecule has 0 aromatic carbocycles. The maximum absolute atomic E-state index is 11.8. The summed E-state index contributed by atoms with van der Waals surface area (Å²) in [4.78, 5) is 13.7. The van der Waals surface area contributed by atoms with Gasteiger partial charge in [-0.2, -0.15) is 5.26 Å². The lowest BCUT2D eigenvalue weighted by atomic mass is 10.1. The highest BCUT2D eigenvalue weighted by Gasteiger charge is 2.25. The topological polar surface area (TPSA) is 56.1 Å². The van der Waals surface area contributed by atoms with E-state index in [1.54, 1.807) is 0 Å². The van der Waals surface area contributed by atoms with Crippen LogP contribution in [0.5, 0.6) is 0 Å². The van der Waals surface area contributed by atoms with Crippen LogP contribution in [0.2, 0.25) is 0 Å². The van der Waals surface area contributed by atoms with E-state index in [9.17, 15) is 4.79 Å². The molecule has 1 amide bonds. The van der Waals surface area contributed by atoms with E-state index in [1.165, 1.54) is 0 Å². The molecule has 1 rings (SSSR count). The fourth-order valence-corrected chi connectivity index (χ4v) is 1.84. The van der Waals surface area contributed by atoms with Crippen molar-refractivity contribution in [2.45, 2.75) is 38.6 Å². The van der Waals surface area contributed by atoms with Crippen LogP contribution in [-0.2, 0) is 4.79 Å². The van der Waals surface area contributed by atoms with E-state index in [2.05, 4.69) is 11.4 Å². The van der Waals surface area contributed by atoms with E-state index in [0.29, 0.717) is 6.42 Å². The van der Waals surface area contributed by atoms with Crippen molar-refractivity contribution in [2.75, 3.05) is 19.6 Å². The van der Waals surface area contributed by atoms with Crippen LogP contribution < -0.4 is 5.32 Å². The highest BCUT2D eigenvalue weighted by Crippen LogP contribution is 2.06. The molecule has 0 spiro atoms. The minimum atomic E-state index is 0.00900. The van der Waals surface area contributed by atoms with E-state index < -0.39 is 0 Å². The molecule has 15 heavy (non-hydrogen) atoms. The van der Waals surface area contributed by atoms with Gasteiger partial charge in [-0.25, -0.2) is 0 Å².